The summed E-state index contributed by atoms with van der Waals surface area (Å²) in [6.45, 7) is 5.49. The fourth-order valence-corrected chi connectivity index (χ4v) is 2.59. The van der Waals surface area contributed by atoms with E-state index in [1.54, 1.807) is 0 Å². The monoisotopic (exact) mass is 243 g/mol. The summed E-state index contributed by atoms with van der Waals surface area (Å²) in [5.41, 5.74) is 1.60. The lowest BCUT2D eigenvalue weighted by Crippen LogP contribution is -2.55. The summed E-state index contributed by atoms with van der Waals surface area (Å²) >= 11 is 0. The predicted molar refractivity (Wildman–Crippen MR) is 63.1 cm³/mol. The highest BCUT2D eigenvalue weighted by atomic mass is 16.4. The lowest BCUT2D eigenvalue weighted by Gasteiger charge is -2.40. The summed E-state index contributed by atoms with van der Waals surface area (Å²) in [6.07, 6.45) is 1.26. The van der Waals surface area contributed by atoms with Crippen molar-refractivity contribution in [3.63, 3.8) is 0 Å². The van der Waals surface area contributed by atoms with Gasteiger partial charge in [-0.1, -0.05) is 6.42 Å². The molecule has 6 heteroatoms. The van der Waals surface area contributed by atoms with Crippen LogP contribution in [0.15, 0.2) is 0 Å². The highest BCUT2D eigenvalue weighted by molar-refractivity contribution is 5.80. The molecule has 1 aliphatic carbocycles. The van der Waals surface area contributed by atoms with Gasteiger partial charge in [0.05, 0.1) is 5.92 Å². The predicted octanol–water partition coefficient (Wildman–Crippen LogP) is 0.924. The molecule has 0 heterocycles. The number of rotatable bonds is 2. The fraction of sp³-hybridized carbons (Fsp3) is 0.818. The summed E-state index contributed by atoms with van der Waals surface area (Å²) in [5.74, 6) is 4.52. The SMILES string of the molecule is CC(C)(C)N(C(=O)O)[C@@H]1CCC[C@H]1C(=O)NN. The van der Waals surface area contributed by atoms with Crippen LogP contribution in [0.1, 0.15) is 40.0 Å². The summed E-state index contributed by atoms with van der Waals surface area (Å²) in [4.78, 5) is 24.4. The lowest BCUT2D eigenvalue weighted by atomic mass is 9.96. The molecule has 0 aromatic rings. The molecule has 17 heavy (non-hydrogen) atoms. The highest BCUT2D eigenvalue weighted by Gasteiger charge is 2.42. The Morgan fingerprint density at radius 3 is 2.35 bits per heavy atom. The molecule has 1 saturated carbocycles. The summed E-state index contributed by atoms with van der Waals surface area (Å²) < 4.78 is 0. The van der Waals surface area contributed by atoms with E-state index in [-0.39, 0.29) is 17.9 Å². The minimum Gasteiger partial charge on any atom is -0.465 e. The van der Waals surface area contributed by atoms with Crippen molar-refractivity contribution in [3.8, 4) is 0 Å². The van der Waals surface area contributed by atoms with Crippen molar-refractivity contribution < 1.29 is 14.7 Å². The molecule has 0 aliphatic heterocycles. The Kier molecular flexibility index (Phi) is 3.98. The maximum absolute atomic E-state index is 11.6. The van der Waals surface area contributed by atoms with Crippen molar-refractivity contribution >= 4 is 12.0 Å². The van der Waals surface area contributed by atoms with Crippen LogP contribution in [-0.4, -0.2) is 33.6 Å². The molecular weight excluding hydrogens is 222 g/mol. The van der Waals surface area contributed by atoms with Gasteiger partial charge in [0.2, 0.25) is 5.91 Å². The second-order valence-electron chi connectivity index (χ2n) is 5.44. The van der Waals surface area contributed by atoms with Crippen molar-refractivity contribution in [2.75, 3.05) is 0 Å². The minimum absolute atomic E-state index is 0.275. The number of amides is 2. The zero-order chi connectivity index (χ0) is 13.2. The zero-order valence-corrected chi connectivity index (χ0v) is 10.6. The van der Waals surface area contributed by atoms with E-state index in [4.69, 9.17) is 5.84 Å². The number of nitrogens with two attached hydrogens (primary N) is 1. The van der Waals surface area contributed by atoms with Crippen LogP contribution in [0.4, 0.5) is 4.79 Å². The number of nitrogens with zero attached hydrogens (tertiary/aromatic N) is 1. The van der Waals surface area contributed by atoms with E-state index in [1.165, 1.54) is 4.90 Å². The van der Waals surface area contributed by atoms with Crippen molar-refractivity contribution in [3.05, 3.63) is 0 Å². The quantitative estimate of drug-likeness (QED) is 0.382. The van der Waals surface area contributed by atoms with Gasteiger partial charge in [0.25, 0.3) is 0 Å². The number of nitrogens with one attached hydrogen (secondary N) is 1. The van der Waals surface area contributed by atoms with Crippen LogP contribution < -0.4 is 11.3 Å². The molecule has 1 rings (SSSR count). The lowest BCUT2D eigenvalue weighted by molar-refractivity contribution is -0.126. The Bertz CT molecular complexity index is 312. The second-order valence-corrected chi connectivity index (χ2v) is 5.44. The third-order valence-corrected chi connectivity index (χ3v) is 3.22. The number of hydrogen-bond acceptors (Lipinski definition) is 3. The van der Waals surface area contributed by atoms with E-state index in [1.807, 2.05) is 20.8 Å². The van der Waals surface area contributed by atoms with Crippen LogP contribution in [0.5, 0.6) is 0 Å². The van der Waals surface area contributed by atoms with Gasteiger partial charge in [-0.25, -0.2) is 10.6 Å². The second kappa shape index (κ2) is 4.91. The molecular formula is C11H21N3O3. The van der Waals surface area contributed by atoms with Gasteiger partial charge >= 0.3 is 6.09 Å². The normalized spacial score (nSPS) is 24.5. The van der Waals surface area contributed by atoms with Crippen LogP contribution in [0.2, 0.25) is 0 Å². The number of hydrogen-bond donors (Lipinski definition) is 3. The van der Waals surface area contributed by atoms with Gasteiger partial charge in [-0.3, -0.25) is 15.1 Å². The number of carbonyl (C=O) groups is 2. The first-order valence-electron chi connectivity index (χ1n) is 5.81. The molecule has 1 aliphatic rings. The molecule has 0 radical (unpaired) electrons. The Labute approximate surface area is 101 Å². The van der Waals surface area contributed by atoms with Gasteiger partial charge in [-0.15, -0.1) is 0 Å². The van der Waals surface area contributed by atoms with Crippen molar-refractivity contribution in [2.24, 2.45) is 11.8 Å². The third-order valence-electron chi connectivity index (χ3n) is 3.22. The van der Waals surface area contributed by atoms with E-state index in [0.717, 1.165) is 6.42 Å². The Morgan fingerprint density at radius 2 is 1.94 bits per heavy atom. The maximum Gasteiger partial charge on any atom is 0.408 e. The van der Waals surface area contributed by atoms with Crippen LogP contribution in [0.3, 0.4) is 0 Å². The summed E-state index contributed by atoms with van der Waals surface area (Å²) in [6, 6.07) is -0.281. The molecule has 0 saturated heterocycles. The Morgan fingerprint density at radius 1 is 1.35 bits per heavy atom. The van der Waals surface area contributed by atoms with Gasteiger partial charge in [-0.05, 0) is 33.6 Å². The molecule has 0 aromatic heterocycles. The standard InChI is InChI=1S/C11H21N3O3/c1-11(2,3)14(10(16)17)8-6-4-5-7(8)9(15)13-12/h7-8H,4-6,12H2,1-3H3,(H,13,15)(H,16,17)/t7-,8-/m1/s1. The average molecular weight is 243 g/mol. The molecule has 4 N–H and O–H groups in total. The van der Waals surface area contributed by atoms with E-state index < -0.39 is 11.6 Å². The molecule has 0 spiro atoms. The number of carboxylic acid groups (broad SMARTS) is 1. The molecule has 6 nitrogen and oxygen atoms in total. The van der Waals surface area contributed by atoms with Crippen LogP contribution >= 0.6 is 0 Å². The van der Waals surface area contributed by atoms with Gasteiger partial charge < -0.3 is 5.11 Å². The van der Waals surface area contributed by atoms with E-state index in [9.17, 15) is 14.7 Å². The zero-order valence-electron chi connectivity index (χ0n) is 10.6. The first-order chi connectivity index (χ1) is 7.79. The van der Waals surface area contributed by atoms with E-state index >= 15 is 0 Å². The third kappa shape index (κ3) is 2.88. The average Bonchev–Trinajstić information content (AvgIpc) is 2.62. The smallest absolute Gasteiger partial charge is 0.408 e. The number of carbonyl (C=O) groups excluding carboxylic acids is 1. The van der Waals surface area contributed by atoms with Crippen LogP contribution in [0, 0.1) is 5.92 Å². The Hall–Kier alpha value is -1.30. The van der Waals surface area contributed by atoms with Crippen LogP contribution in [0.25, 0.3) is 0 Å². The molecule has 0 bridgehead atoms. The van der Waals surface area contributed by atoms with Crippen molar-refractivity contribution in [2.45, 2.75) is 51.6 Å². The fourth-order valence-electron chi connectivity index (χ4n) is 2.59. The molecule has 0 unspecified atom stereocenters. The van der Waals surface area contributed by atoms with Crippen LogP contribution in [-0.2, 0) is 4.79 Å². The van der Waals surface area contributed by atoms with Gasteiger partial charge in [0, 0.05) is 11.6 Å². The minimum atomic E-state index is -0.987. The number of hydrazine groups is 1. The van der Waals surface area contributed by atoms with Crippen molar-refractivity contribution in [1.29, 1.82) is 0 Å². The maximum atomic E-state index is 11.6. The Balaban J connectivity index is 2.95. The summed E-state index contributed by atoms with van der Waals surface area (Å²) in [7, 11) is 0. The first kappa shape index (κ1) is 13.8. The summed E-state index contributed by atoms with van der Waals surface area (Å²) in [5, 5.41) is 9.30. The molecule has 0 aromatic carbocycles. The largest absolute Gasteiger partial charge is 0.465 e. The van der Waals surface area contributed by atoms with Gasteiger partial charge in [0.15, 0.2) is 0 Å². The molecule has 2 amide bonds. The van der Waals surface area contributed by atoms with Gasteiger partial charge in [-0.2, -0.15) is 0 Å². The van der Waals surface area contributed by atoms with Gasteiger partial charge in [0.1, 0.15) is 0 Å². The molecule has 2 atom stereocenters. The topological polar surface area (TPSA) is 95.7 Å². The first-order valence-corrected chi connectivity index (χ1v) is 5.81. The van der Waals surface area contributed by atoms with E-state index in [0.29, 0.717) is 12.8 Å². The molecule has 98 valence electrons. The van der Waals surface area contributed by atoms with E-state index in [2.05, 4.69) is 5.43 Å². The molecule has 1 fully saturated rings. The van der Waals surface area contributed by atoms with Crippen molar-refractivity contribution in [1.82, 2.24) is 10.3 Å². The highest BCUT2D eigenvalue weighted by Crippen LogP contribution is 2.34.